The summed E-state index contributed by atoms with van der Waals surface area (Å²) < 4.78 is 2.11. The maximum absolute atomic E-state index is 14.2. The molecule has 2 aromatic carbocycles. The van der Waals surface area contributed by atoms with E-state index in [4.69, 9.17) is 4.99 Å². The zero-order valence-electron chi connectivity index (χ0n) is 34.3. The maximum atomic E-state index is 14.2. The molecule has 1 fully saturated rings. The van der Waals surface area contributed by atoms with Gasteiger partial charge in [-0.05, 0) is 75.3 Å². The van der Waals surface area contributed by atoms with Crippen LogP contribution in [0.15, 0.2) is 65.1 Å². The monoisotopic (exact) mass is 818 g/mol. The topological polar surface area (TPSA) is 155 Å². The normalized spacial score (nSPS) is 19.0. The second-order valence-electron chi connectivity index (χ2n) is 16.3. The minimum absolute atomic E-state index is 0.00574. The van der Waals surface area contributed by atoms with Gasteiger partial charge in [-0.2, -0.15) is 0 Å². The molecule has 2 aliphatic heterocycles. The van der Waals surface area contributed by atoms with Crippen molar-refractivity contribution < 1.29 is 19.5 Å². The SMILES string of the molecule is Cc1ncsc1-c1ccc(C(C)NC(=O)[C@@H]2C[C@@H](O)CN2C(=O)C(NC(=O)/C=C/c2ccc(C3=N[C@@H](C)c4nnc(C)n4-c4sc(C)c(C)c43)cc2)C(C)(C)C)cc1. The molecule has 12 nitrogen and oxygen atoms in total. The minimum Gasteiger partial charge on any atom is -0.391 e. The Morgan fingerprint density at radius 1 is 0.966 bits per heavy atom. The Morgan fingerprint density at radius 3 is 2.31 bits per heavy atom. The average Bonchev–Trinajstić information content (AvgIpc) is 3.95. The third-order valence-corrected chi connectivity index (χ3v) is 13.2. The lowest BCUT2D eigenvalue weighted by atomic mass is 9.85. The zero-order valence-corrected chi connectivity index (χ0v) is 36.0. The summed E-state index contributed by atoms with van der Waals surface area (Å²) in [5.74, 6) is 0.409. The first kappa shape index (κ1) is 40.9. The number of aryl methyl sites for hydroxylation is 3. The first-order chi connectivity index (χ1) is 27.5. The first-order valence-corrected chi connectivity index (χ1v) is 21.2. The number of carbonyl (C=O) groups excluding carboxylic acids is 3. The van der Waals surface area contributed by atoms with E-state index in [1.807, 2.05) is 103 Å². The Morgan fingerprint density at radius 2 is 1.66 bits per heavy atom. The van der Waals surface area contributed by atoms with E-state index in [9.17, 15) is 19.5 Å². The number of aliphatic hydroxyl groups excluding tert-OH is 1. The summed E-state index contributed by atoms with van der Waals surface area (Å²) in [5, 5.41) is 26.5. The number of likely N-dealkylation sites (tertiary alicyclic amines) is 1. The van der Waals surface area contributed by atoms with Gasteiger partial charge in [-0.1, -0.05) is 69.3 Å². The number of aromatic nitrogens is 4. The molecule has 58 heavy (non-hydrogen) atoms. The standard InChI is InChI=1S/C44H50N8O4S2/c1-23-27(5)58-43-36(23)37(46-26(4)40-50-49-28(6)52(40)43)31-13-10-29(11-14-31)12-19-35(54)48-39(44(7,8)9)42(56)51-21-33(53)20-34(51)41(55)47-24(2)30-15-17-32(18-16-30)38-25(3)45-22-57-38/h10-19,22,24,26,33-34,39,53H,20-21H2,1-9H3,(H,47,55)(H,48,54)/b19-12+/t24?,26-,33+,34-,39?/m0/s1. The number of β-amino-alcohol motifs (C(OH)–C–C–N with tert-alkyl or cyclic N) is 1. The fourth-order valence-electron chi connectivity index (χ4n) is 7.61. The highest BCUT2D eigenvalue weighted by Crippen LogP contribution is 2.39. The van der Waals surface area contributed by atoms with E-state index in [-0.39, 0.29) is 31.0 Å². The Balaban J connectivity index is 1.02. The van der Waals surface area contributed by atoms with Crippen LogP contribution < -0.4 is 10.6 Å². The molecule has 7 rings (SSSR count). The van der Waals surface area contributed by atoms with Gasteiger partial charge in [0.25, 0.3) is 0 Å². The Labute approximate surface area is 347 Å². The van der Waals surface area contributed by atoms with Crippen LogP contribution in [0.2, 0.25) is 0 Å². The van der Waals surface area contributed by atoms with Gasteiger partial charge < -0.3 is 20.6 Å². The molecule has 3 N–H and O–H groups in total. The molecule has 5 aromatic rings. The molecule has 0 radical (unpaired) electrons. The van der Waals surface area contributed by atoms with E-state index in [0.29, 0.717) is 0 Å². The Hall–Kier alpha value is -5.31. The van der Waals surface area contributed by atoms with Crippen LogP contribution in [-0.2, 0) is 14.4 Å². The van der Waals surface area contributed by atoms with Crippen LogP contribution in [0.4, 0.5) is 0 Å². The van der Waals surface area contributed by atoms with Gasteiger partial charge in [0.2, 0.25) is 17.7 Å². The van der Waals surface area contributed by atoms with Crippen molar-refractivity contribution >= 4 is 52.2 Å². The number of thiazole rings is 1. The van der Waals surface area contributed by atoms with Gasteiger partial charge in [0.1, 0.15) is 29.0 Å². The van der Waals surface area contributed by atoms with Gasteiger partial charge in [-0.25, -0.2) is 4.98 Å². The first-order valence-electron chi connectivity index (χ1n) is 19.5. The number of hydrogen-bond donors (Lipinski definition) is 3. The third kappa shape index (κ3) is 8.05. The molecule has 1 saturated heterocycles. The fraction of sp³-hybridized carbons (Fsp3) is 0.386. The number of benzene rings is 2. The average molecular weight is 819 g/mol. The maximum Gasteiger partial charge on any atom is 0.246 e. The predicted octanol–water partition coefficient (Wildman–Crippen LogP) is 6.98. The number of fused-ring (bicyclic) bond motifs is 3. The molecule has 302 valence electrons. The molecule has 2 aliphatic rings. The summed E-state index contributed by atoms with van der Waals surface area (Å²) in [7, 11) is 0. The highest BCUT2D eigenvalue weighted by molar-refractivity contribution is 7.15. The highest BCUT2D eigenvalue weighted by Gasteiger charge is 2.44. The van der Waals surface area contributed by atoms with E-state index in [1.165, 1.54) is 21.4 Å². The number of nitrogens with one attached hydrogen (secondary N) is 2. The molecule has 0 aliphatic carbocycles. The molecule has 3 aromatic heterocycles. The molecule has 0 bridgehead atoms. The van der Waals surface area contributed by atoms with E-state index < -0.39 is 35.4 Å². The second kappa shape index (κ2) is 16.1. The van der Waals surface area contributed by atoms with Crippen molar-refractivity contribution in [3.8, 4) is 15.4 Å². The molecule has 3 amide bonds. The van der Waals surface area contributed by atoms with Crippen LogP contribution in [0.5, 0.6) is 0 Å². The van der Waals surface area contributed by atoms with E-state index in [0.717, 1.165) is 60.7 Å². The van der Waals surface area contributed by atoms with Crippen LogP contribution in [0, 0.1) is 33.1 Å². The van der Waals surface area contributed by atoms with Crippen LogP contribution in [-0.4, -0.2) is 77.9 Å². The van der Waals surface area contributed by atoms with Crippen molar-refractivity contribution in [2.45, 2.75) is 99.0 Å². The number of aliphatic imine (C=N–C) groups is 1. The van der Waals surface area contributed by atoms with Crippen LogP contribution in [0.1, 0.15) is 103 Å². The fourth-order valence-corrected chi connectivity index (χ4v) is 9.64. The van der Waals surface area contributed by atoms with Crippen LogP contribution in [0.25, 0.3) is 21.5 Å². The Bertz CT molecular complexity index is 2420. The molecular weight excluding hydrogens is 769 g/mol. The summed E-state index contributed by atoms with van der Waals surface area (Å²) in [6.45, 7) is 17.7. The molecule has 0 saturated carbocycles. The quantitative estimate of drug-likeness (QED) is 0.136. The van der Waals surface area contributed by atoms with Crippen LogP contribution >= 0.6 is 22.7 Å². The van der Waals surface area contributed by atoms with Crippen LogP contribution in [0.3, 0.4) is 0 Å². The molecule has 5 heterocycles. The molecule has 0 spiro atoms. The smallest absolute Gasteiger partial charge is 0.246 e. The van der Waals surface area contributed by atoms with Crippen molar-refractivity contribution in [1.82, 2.24) is 35.3 Å². The Kier molecular flexibility index (Phi) is 11.4. The summed E-state index contributed by atoms with van der Waals surface area (Å²) in [6.07, 6.45) is 2.36. The molecule has 14 heteroatoms. The summed E-state index contributed by atoms with van der Waals surface area (Å²) >= 11 is 3.29. The van der Waals surface area contributed by atoms with Gasteiger partial charge in [0.05, 0.1) is 33.9 Å². The third-order valence-electron chi connectivity index (χ3n) is 11.0. The lowest BCUT2D eigenvalue weighted by Crippen LogP contribution is -2.57. The molecule has 5 atom stereocenters. The van der Waals surface area contributed by atoms with Crippen molar-refractivity contribution in [3.05, 3.63) is 110 Å². The number of thiophene rings is 1. The van der Waals surface area contributed by atoms with Crippen molar-refractivity contribution in [3.63, 3.8) is 0 Å². The van der Waals surface area contributed by atoms with Gasteiger partial charge in [0, 0.05) is 35.0 Å². The van der Waals surface area contributed by atoms with Gasteiger partial charge in [0.15, 0.2) is 5.82 Å². The number of amides is 3. The van der Waals surface area contributed by atoms with Gasteiger partial charge >= 0.3 is 0 Å². The van der Waals surface area contributed by atoms with Crippen molar-refractivity contribution in [1.29, 1.82) is 0 Å². The van der Waals surface area contributed by atoms with E-state index >= 15 is 0 Å². The highest BCUT2D eigenvalue weighted by atomic mass is 32.1. The summed E-state index contributed by atoms with van der Waals surface area (Å²) in [6, 6.07) is 13.5. The number of carbonyl (C=O) groups is 3. The second-order valence-corrected chi connectivity index (χ2v) is 18.4. The van der Waals surface area contributed by atoms with E-state index in [1.54, 1.807) is 28.7 Å². The number of aliphatic hydroxyl groups is 1. The zero-order chi connectivity index (χ0) is 41.6. The van der Waals surface area contributed by atoms with E-state index in [2.05, 4.69) is 44.2 Å². The number of rotatable bonds is 9. The van der Waals surface area contributed by atoms with Crippen molar-refractivity contribution in [2.75, 3.05) is 6.54 Å². The number of hydrogen-bond acceptors (Lipinski definition) is 10. The lowest BCUT2D eigenvalue weighted by Gasteiger charge is -2.35. The molecule has 2 unspecified atom stereocenters. The molecular formula is C44H50N8O4S2. The minimum atomic E-state index is -0.956. The largest absolute Gasteiger partial charge is 0.391 e. The van der Waals surface area contributed by atoms with Crippen molar-refractivity contribution in [2.24, 2.45) is 10.4 Å². The summed E-state index contributed by atoms with van der Waals surface area (Å²) in [4.78, 5) is 54.5. The summed E-state index contributed by atoms with van der Waals surface area (Å²) in [5.41, 5.74) is 8.95. The predicted molar refractivity (Wildman–Crippen MR) is 229 cm³/mol. The van der Waals surface area contributed by atoms with Gasteiger partial charge in [-0.15, -0.1) is 32.9 Å². The van der Waals surface area contributed by atoms with Gasteiger partial charge in [-0.3, -0.25) is 23.9 Å². The number of nitrogens with zero attached hydrogens (tertiary/aromatic N) is 6. The lowest BCUT2D eigenvalue weighted by molar-refractivity contribution is -0.143.